The topological polar surface area (TPSA) is 80.8 Å². The normalized spacial score (nSPS) is 13.3. The van der Waals surface area contributed by atoms with E-state index in [2.05, 4.69) is 10.3 Å². The van der Waals surface area contributed by atoms with E-state index in [0.29, 0.717) is 36.1 Å². The average molecular weight is 361 g/mol. The maximum atomic E-state index is 12.2. The molecule has 1 aliphatic heterocycles. The number of nitrogens with zero attached hydrogens (tertiary/aromatic N) is 2. The van der Waals surface area contributed by atoms with Gasteiger partial charge in [0.05, 0.1) is 12.2 Å². The number of hydrogen-bond donors (Lipinski definition) is 1. The molecule has 8 heteroatoms. The first kappa shape index (κ1) is 17.4. The Morgan fingerprint density at radius 2 is 2.28 bits per heavy atom. The molecule has 2 amide bonds. The Morgan fingerprint density at radius 3 is 3.12 bits per heavy atom. The van der Waals surface area contributed by atoms with Crippen LogP contribution in [0.5, 0.6) is 5.75 Å². The van der Waals surface area contributed by atoms with Gasteiger partial charge in [-0.05, 0) is 18.6 Å². The van der Waals surface area contributed by atoms with Crippen molar-refractivity contribution >= 4 is 28.8 Å². The summed E-state index contributed by atoms with van der Waals surface area (Å²) in [6.45, 7) is 1.46. The summed E-state index contributed by atoms with van der Waals surface area (Å²) in [6, 6.07) is 7.38. The first-order valence-electron chi connectivity index (χ1n) is 7.93. The minimum Gasteiger partial charge on any atom is -0.482 e. The number of benzene rings is 1. The van der Waals surface area contributed by atoms with Crippen LogP contribution in [0.2, 0.25) is 0 Å². The first-order valence-corrected chi connectivity index (χ1v) is 8.80. The lowest BCUT2D eigenvalue weighted by molar-refractivity contribution is -0.121. The molecule has 0 aliphatic carbocycles. The second-order valence-electron chi connectivity index (χ2n) is 5.47. The summed E-state index contributed by atoms with van der Waals surface area (Å²) < 4.78 is 10.4. The lowest BCUT2D eigenvalue weighted by Gasteiger charge is -2.28. The Kier molecular flexibility index (Phi) is 5.62. The van der Waals surface area contributed by atoms with Crippen molar-refractivity contribution in [3.63, 3.8) is 0 Å². The van der Waals surface area contributed by atoms with Crippen LogP contribution in [-0.2, 0) is 16.1 Å². The Morgan fingerprint density at radius 1 is 1.44 bits per heavy atom. The summed E-state index contributed by atoms with van der Waals surface area (Å²) in [5.41, 5.74) is 1.09. The van der Waals surface area contributed by atoms with Crippen molar-refractivity contribution in [1.29, 1.82) is 0 Å². The third-order valence-electron chi connectivity index (χ3n) is 3.70. The van der Waals surface area contributed by atoms with Gasteiger partial charge in [-0.2, -0.15) is 0 Å². The molecule has 25 heavy (non-hydrogen) atoms. The van der Waals surface area contributed by atoms with Crippen LogP contribution in [0.25, 0.3) is 0 Å². The number of carbonyl (C=O) groups is 2. The molecular weight excluding hydrogens is 342 g/mol. The highest BCUT2D eigenvalue weighted by Crippen LogP contribution is 2.32. The zero-order chi connectivity index (χ0) is 17.6. The highest BCUT2D eigenvalue weighted by Gasteiger charge is 2.26. The molecule has 1 aromatic carbocycles. The van der Waals surface area contributed by atoms with Crippen molar-refractivity contribution in [2.75, 3.05) is 31.8 Å². The minimum atomic E-state index is -0.215. The van der Waals surface area contributed by atoms with Crippen LogP contribution in [0.3, 0.4) is 0 Å². The van der Waals surface area contributed by atoms with Gasteiger partial charge in [0.1, 0.15) is 16.5 Å². The maximum Gasteiger partial charge on any atom is 0.270 e. The number of thiazole rings is 1. The highest BCUT2D eigenvalue weighted by molar-refractivity contribution is 7.09. The van der Waals surface area contributed by atoms with Crippen LogP contribution in [0.15, 0.2) is 29.6 Å². The van der Waals surface area contributed by atoms with Crippen molar-refractivity contribution in [2.45, 2.75) is 13.0 Å². The Balaban J connectivity index is 1.65. The Bertz CT molecular complexity index is 762. The number of nitrogens with one attached hydrogen (secondary N) is 1. The summed E-state index contributed by atoms with van der Waals surface area (Å²) in [5.74, 6) is 0.335. The fourth-order valence-corrected chi connectivity index (χ4v) is 3.22. The smallest absolute Gasteiger partial charge is 0.270 e. The fourth-order valence-electron chi connectivity index (χ4n) is 2.46. The lowest BCUT2D eigenvalue weighted by Crippen LogP contribution is -2.38. The van der Waals surface area contributed by atoms with Crippen LogP contribution < -0.4 is 15.0 Å². The molecule has 0 spiro atoms. The lowest BCUT2D eigenvalue weighted by atomic mass is 10.2. The van der Waals surface area contributed by atoms with Crippen molar-refractivity contribution in [3.8, 4) is 5.75 Å². The van der Waals surface area contributed by atoms with E-state index in [9.17, 15) is 9.59 Å². The number of ether oxygens (including phenoxy) is 2. The number of amides is 2. The van der Waals surface area contributed by atoms with E-state index in [0.717, 1.165) is 12.1 Å². The van der Waals surface area contributed by atoms with Gasteiger partial charge in [0.2, 0.25) is 0 Å². The summed E-state index contributed by atoms with van der Waals surface area (Å²) in [4.78, 5) is 30.2. The average Bonchev–Trinajstić information content (AvgIpc) is 3.10. The standard InChI is InChI=1S/C17H19N3O4S/c1-23-8-4-7-18-17(22)12-11-25-15(19-12)9-20-13-5-2-3-6-14(13)24-10-16(20)21/h2-3,5-6,11H,4,7-10H2,1H3,(H,18,22). The number of rotatable bonds is 7. The van der Waals surface area contributed by atoms with Crippen molar-refractivity contribution < 1.29 is 19.1 Å². The van der Waals surface area contributed by atoms with E-state index in [1.807, 2.05) is 24.3 Å². The van der Waals surface area contributed by atoms with Gasteiger partial charge in [-0.1, -0.05) is 12.1 Å². The molecule has 3 rings (SSSR count). The van der Waals surface area contributed by atoms with Gasteiger partial charge in [-0.25, -0.2) is 4.98 Å². The number of methoxy groups -OCH3 is 1. The number of anilines is 1. The third-order valence-corrected chi connectivity index (χ3v) is 4.53. The van der Waals surface area contributed by atoms with Gasteiger partial charge in [-0.3, -0.25) is 14.5 Å². The van der Waals surface area contributed by atoms with E-state index < -0.39 is 0 Å². The van der Waals surface area contributed by atoms with Crippen LogP contribution in [-0.4, -0.2) is 43.7 Å². The van der Waals surface area contributed by atoms with E-state index in [1.54, 1.807) is 17.4 Å². The molecule has 0 saturated heterocycles. The maximum absolute atomic E-state index is 12.2. The number of aromatic nitrogens is 1. The summed E-state index contributed by atoms with van der Waals surface area (Å²) in [6.07, 6.45) is 0.748. The molecule has 0 unspecified atom stereocenters. The predicted molar refractivity (Wildman–Crippen MR) is 94.1 cm³/mol. The van der Waals surface area contributed by atoms with E-state index in [4.69, 9.17) is 9.47 Å². The third kappa shape index (κ3) is 4.15. The molecule has 2 aromatic rings. The molecule has 1 aromatic heterocycles. The van der Waals surface area contributed by atoms with E-state index >= 15 is 0 Å². The quantitative estimate of drug-likeness (QED) is 0.761. The second kappa shape index (κ2) is 8.09. The van der Waals surface area contributed by atoms with Gasteiger partial charge in [0.15, 0.2) is 6.61 Å². The molecule has 0 atom stereocenters. The molecule has 1 N–H and O–H groups in total. The summed E-state index contributed by atoms with van der Waals surface area (Å²) >= 11 is 1.36. The molecule has 0 saturated carbocycles. The number of para-hydroxylation sites is 2. The number of carbonyl (C=O) groups excluding carboxylic acids is 2. The van der Waals surface area contributed by atoms with Gasteiger partial charge in [0, 0.05) is 25.6 Å². The molecule has 0 bridgehead atoms. The number of fused-ring (bicyclic) bond motifs is 1. The van der Waals surface area contributed by atoms with Gasteiger partial charge in [0.25, 0.3) is 11.8 Å². The molecule has 0 fully saturated rings. The summed E-state index contributed by atoms with van der Waals surface area (Å²) in [5, 5.41) is 5.21. The van der Waals surface area contributed by atoms with Gasteiger partial charge < -0.3 is 14.8 Å². The number of hydrogen-bond acceptors (Lipinski definition) is 6. The fraction of sp³-hybridized carbons (Fsp3) is 0.353. The highest BCUT2D eigenvalue weighted by atomic mass is 32.1. The monoisotopic (exact) mass is 361 g/mol. The largest absolute Gasteiger partial charge is 0.482 e. The van der Waals surface area contributed by atoms with Crippen molar-refractivity contribution in [3.05, 3.63) is 40.3 Å². The molecule has 132 valence electrons. The van der Waals surface area contributed by atoms with Crippen molar-refractivity contribution in [1.82, 2.24) is 10.3 Å². The molecule has 7 nitrogen and oxygen atoms in total. The SMILES string of the molecule is COCCCNC(=O)c1csc(CN2C(=O)COc3ccccc32)n1. The Hall–Kier alpha value is -2.45. The van der Waals surface area contributed by atoms with E-state index in [-0.39, 0.29) is 18.4 Å². The zero-order valence-corrected chi connectivity index (χ0v) is 14.7. The van der Waals surface area contributed by atoms with Gasteiger partial charge >= 0.3 is 0 Å². The summed E-state index contributed by atoms with van der Waals surface area (Å²) in [7, 11) is 1.62. The first-order chi connectivity index (χ1) is 12.2. The van der Waals surface area contributed by atoms with Crippen LogP contribution >= 0.6 is 11.3 Å². The molecule has 0 radical (unpaired) electrons. The van der Waals surface area contributed by atoms with Crippen molar-refractivity contribution in [2.24, 2.45) is 0 Å². The zero-order valence-electron chi connectivity index (χ0n) is 13.9. The van der Waals surface area contributed by atoms with Gasteiger partial charge in [-0.15, -0.1) is 11.3 Å². The molecule has 2 heterocycles. The Labute approximate surface area is 149 Å². The van der Waals surface area contributed by atoms with E-state index in [1.165, 1.54) is 11.3 Å². The minimum absolute atomic E-state index is 0.00916. The van der Waals surface area contributed by atoms with Crippen LogP contribution in [0.4, 0.5) is 5.69 Å². The molecular formula is C17H19N3O4S. The van der Waals surface area contributed by atoms with Crippen LogP contribution in [0, 0.1) is 0 Å². The molecule has 1 aliphatic rings. The predicted octanol–water partition coefficient (Wildman–Crippen LogP) is 1.83. The van der Waals surface area contributed by atoms with Crippen LogP contribution in [0.1, 0.15) is 21.9 Å². The second-order valence-corrected chi connectivity index (χ2v) is 6.41.